The number of nitrogens with zero attached hydrogens (tertiary/aromatic N) is 1. The molecule has 0 amide bonds. The van der Waals surface area contributed by atoms with E-state index in [-0.39, 0.29) is 12.4 Å². The normalized spacial score (nSPS) is 18.2. The smallest absolute Gasteiger partial charge is 0.159 e. The lowest BCUT2D eigenvalue weighted by atomic mass is 9.89. The zero-order valence-corrected chi connectivity index (χ0v) is 17.4. The molecule has 0 N–H and O–H groups in total. The fourth-order valence-electron chi connectivity index (χ4n) is 3.19. The van der Waals surface area contributed by atoms with Crippen molar-refractivity contribution in [3.05, 3.63) is 27.7 Å². The molecule has 1 unspecified atom stereocenters. The number of thiazole rings is 1. The first-order chi connectivity index (χ1) is 12.0. The number of hydrogen-bond acceptors (Lipinski definition) is 5. The third-order valence-corrected chi connectivity index (χ3v) is 6.09. The summed E-state index contributed by atoms with van der Waals surface area (Å²) in [6.07, 6.45) is 5.32. The summed E-state index contributed by atoms with van der Waals surface area (Å²) in [6.45, 7) is 4.05. The summed E-state index contributed by atoms with van der Waals surface area (Å²) in [5.74, 6) is 1.26. The van der Waals surface area contributed by atoms with Crippen LogP contribution in [-0.2, 0) is 9.47 Å². The van der Waals surface area contributed by atoms with Crippen LogP contribution in [0, 0.1) is 5.92 Å². The van der Waals surface area contributed by atoms with Crippen molar-refractivity contribution in [1.82, 2.24) is 4.98 Å². The molecule has 0 spiro atoms. The minimum atomic E-state index is -0.125. The van der Waals surface area contributed by atoms with Crippen LogP contribution in [0.25, 0.3) is 15.8 Å². The average Bonchev–Trinajstić information content (AvgIpc) is 2.99. The van der Waals surface area contributed by atoms with Gasteiger partial charge in [0.1, 0.15) is 10.8 Å². The van der Waals surface area contributed by atoms with Gasteiger partial charge in [-0.25, -0.2) is 4.98 Å². The maximum absolute atomic E-state index is 5.85. The Morgan fingerprint density at radius 2 is 2.00 bits per heavy atom. The zero-order chi connectivity index (χ0) is 18.0. The van der Waals surface area contributed by atoms with Gasteiger partial charge in [-0.3, -0.25) is 0 Å². The number of allylic oxidation sites excluding steroid dienone is 2. The van der Waals surface area contributed by atoms with Gasteiger partial charge in [-0.05, 0) is 60.7 Å². The van der Waals surface area contributed by atoms with Gasteiger partial charge in [0.2, 0.25) is 0 Å². The first-order valence-electron chi connectivity index (χ1n) is 8.53. The molecule has 0 bridgehead atoms. The molecular weight excluding hydrogens is 402 g/mol. The Morgan fingerprint density at radius 1 is 1.24 bits per heavy atom. The number of fused-ring (bicyclic) bond motifs is 1. The van der Waals surface area contributed by atoms with Gasteiger partial charge in [0.25, 0.3) is 0 Å². The SMILES string of the molecule is COC(OC)C1CC=C(c2nc3cc(OC(C)C)c(Br)cc3s2)CC1. The molecule has 25 heavy (non-hydrogen) atoms. The third kappa shape index (κ3) is 4.25. The molecule has 2 aromatic rings. The van der Waals surface area contributed by atoms with Crippen molar-refractivity contribution in [1.29, 1.82) is 0 Å². The van der Waals surface area contributed by atoms with Crippen LogP contribution in [-0.4, -0.2) is 31.6 Å². The lowest BCUT2D eigenvalue weighted by Gasteiger charge is -2.27. The second kappa shape index (κ2) is 8.16. The van der Waals surface area contributed by atoms with Crippen molar-refractivity contribution in [3.8, 4) is 5.75 Å². The minimum Gasteiger partial charge on any atom is -0.490 e. The summed E-state index contributed by atoms with van der Waals surface area (Å²) in [4.78, 5) is 4.84. The van der Waals surface area contributed by atoms with E-state index >= 15 is 0 Å². The number of aromatic nitrogens is 1. The summed E-state index contributed by atoms with van der Waals surface area (Å²) < 4.78 is 18.8. The summed E-state index contributed by atoms with van der Waals surface area (Å²) in [5, 5.41) is 1.11. The van der Waals surface area contributed by atoms with E-state index in [9.17, 15) is 0 Å². The molecule has 0 fully saturated rings. The Labute approximate surface area is 161 Å². The molecule has 1 aromatic heterocycles. The highest BCUT2D eigenvalue weighted by Gasteiger charge is 2.25. The van der Waals surface area contributed by atoms with Crippen molar-refractivity contribution in [3.63, 3.8) is 0 Å². The second-order valence-corrected chi connectivity index (χ2v) is 8.42. The predicted molar refractivity (Wildman–Crippen MR) is 106 cm³/mol. The fraction of sp³-hybridized carbons (Fsp3) is 0.526. The van der Waals surface area contributed by atoms with Crippen LogP contribution in [0.3, 0.4) is 0 Å². The van der Waals surface area contributed by atoms with Crippen molar-refractivity contribution < 1.29 is 14.2 Å². The number of benzene rings is 1. The van der Waals surface area contributed by atoms with Crippen molar-refractivity contribution in [2.24, 2.45) is 5.92 Å². The quantitative estimate of drug-likeness (QED) is 0.560. The molecule has 1 atom stereocenters. The maximum atomic E-state index is 5.85. The molecule has 4 nitrogen and oxygen atoms in total. The van der Waals surface area contributed by atoms with Gasteiger partial charge in [-0.15, -0.1) is 11.3 Å². The van der Waals surface area contributed by atoms with Gasteiger partial charge in [0.05, 0.1) is 20.8 Å². The molecule has 0 saturated carbocycles. The minimum absolute atomic E-state index is 0.125. The molecule has 0 aliphatic heterocycles. The molecule has 0 saturated heterocycles. The van der Waals surface area contributed by atoms with Gasteiger partial charge < -0.3 is 14.2 Å². The Kier molecular flexibility index (Phi) is 6.15. The molecule has 1 aliphatic rings. The Bertz CT molecular complexity index is 767. The maximum Gasteiger partial charge on any atom is 0.159 e. The topological polar surface area (TPSA) is 40.6 Å². The van der Waals surface area contributed by atoms with Crippen LogP contribution in [0.5, 0.6) is 5.75 Å². The van der Waals surface area contributed by atoms with Crippen LogP contribution < -0.4 is 4.74 Å². The Morgan fingerprint density at radius 3 is 2.60 bits per heavy atom. The van der Waals surface area contributed by atoms with E-state index in [4.69, 9.17) is 19.2 Å². The number of rotatable bonds is 6. The summed E-state index contributed by atoms with van der Waals surface area (Å²) in [5.41, 5.74) is 2.32. The van der Waals surface area contributed by atoms with Gasteiger partial charge in [-0.2, -0.15) is 0 Å². The van der Waals surface area contributed by atoms with E-state index in [0.29, 0.717) is 5.92 Å². The Balaban J connectivity index is 1.83. The summed E-state index contributed by atoms with van der Waals surface area (Å²) >= 11 is 5.34. The van der Waals surface area contributed by atoms with Crippen molar-refractivity contribution in [2.75, 3.05) is 14.2 Å². The van der Waals surface area contributed by atoms with E-state index in [0.717, 1.165) is 40.0 Å². The monoisotopic (exact) mass is 425 g/mol. The van der Waals surface area contributed by atoms with Gasteiger partial charge in [0.15, 0.2) is 6.29 Å². The van der Waals surface area contributed by atoms with Crippen molar-refractivity contribution >= 4 is 43.1 Å². The van der Waals surface area contributed by atoms with E-state index in [1.165, 1.54) is 10.3 Å². The molecule has 6 heteroatoms. The Hall–Kier alpha value is -0.950. The summed E-state index contributed by atoms with van der Waals surface area (Å²) in [6, 6.07) is 4.13. The van der Waals surface area contributed by atoms with Crippen molar-refractivity contribution in [2.45, 2.75) is 45.5 Å². The summed E-state index contributed by atoms with van der Waals surface area (Å²) in [7, 11) is 3.41. The van der Waals surface area contributed by atoms with Gasteiger partial charge >= 0.3 is 0 Å². The number of methoxy groups -OCH3 is 2. The molecule has 3 rings (SSSR count). The van der Waals surface area contributed by atoms with Crippen LogP contribution in [0.4, 0.5) is 0 Å². The first kappa shape index (κ1) is 18.8. The van der Waals surface area contributed by atoms with Gasteiger partial charge in [0, 0.05) is 26.2 Å². The first-order valence-corrected chi connectivity index (χ1v) is 10.1. The largest absolute Gasteiger partial charge is 0.490 e. The highest BCUT2D eigenvalue weighted by atomic mass is 79.9. The number of hydrogen-bond donors (Lipinski definition) is 0. The highest BCUT2D eigenvalue weighted by Crippen LogP contribution is 2.39. The van der Waals surface area contributed by atoms with E-state index in [1.807, 2.05) is 19.9 Å². The fourth-order valence-corrected chi connectivity index (χ4v) is 4.83. The molecule has 1 aliphatic carbocycles. The van der Waals surface area contributed by atoms with E-state index < -0.39 is 0 Å². The van der Waals surface area contributed by atoms with Crippen LogP contribution in [0.1, 0.15) is 38.1 Å². The zero-order valence-electron chi connectivity index (χ0n) is 15.0. The van der Waals surface area contributed by atoms with Gasteiger partial charge in [-0.1, -0.05) is 6.08 Å². The second-order valence-electron chi connectivity index (χ2n) is 6.54. The predicted octanol–water partition coefficient (Wildman–Crippen LogP) is 5.65. The average molecular weight is 426 g/mol. The highest BCUT2D eigenvalue weighted by molar-refractivity contribution is 9.10. The number of ether oxygens (including phenoxy) is 3. The molecule has 0 radical (unpaired) electrons. The lowest BCUT2D eigenvalue weighted by molar-refractivity contribution is -0.138. The molecule has 136 valence electrons. The third-order valence-electron chi connectivity index (χ3n) is 4.38. The van der Waals surface area contributed by atoms with E-state index in [1.54, 1.807) is 25.6 Å². The van der Waals surface area contributed by atoms with E-state index in [2.05, 4.69) is 28.1 Å². The molecule has 1 heterocycles. The van der Waals surface area contributed by atoms with Crippen LogP contribution in [0.2, 0.25) is 0 Å². The van der Waals surface area contributed by atoms with Crippen LogP contribution >= 0.6 is 27.3 Å². The lowest BCUT2D eigenvalue weighted by Crippen LogP contribution is -2.26. The molecule has 1 aromatic carbocycles. The number of halogens is 1. The molecular formula is C19H24BrNO3S. The standard InChI is InChI=1S/C19H24BrNO3S/c1-11(2)24-16-10-15-17(9-14(16)20)25-18(21-15)12-5-7-13(8-6-12)19(22-3)23-4/h5,9-11,13,19H,6-8H2,1-4H3. The van der Waals surface area contributed by atoms with Crippen LogP contribution in [0.15, 0.2) is 22.7 Å².